The van der Waals surface area contributed by atoms with Gasteiger partial charge in [0.15, 0.2) is 0 Å². The van der Waals surface area contributed by atoms with Crippen LogP contribution < -0.4 is 5.32 Å². The van der Waals surface area contributed by atoms with Crippen molar-refractivity contribution in [3.8, 4) is 11.3 Å². The lowest BCUT2D eigenvalue weighted by Gasteiger charge is -2.07. The molecule has 0 saturated carbocycles. The molecule has 0 bridgehead atoms. The molecule has 0 unspecified atom stereocenters. The highest BCUT2D eigenvalue weighted by atomic mass is 35.5. The maximum atomic E-state index is 9.27. The quantitative estimate of drug-likeness (QED) is 0.721. The summed E-state index contributed by atoms with van der Waals surface area (Å²) in [6, 6.07) is 9.53. The monoisotopic (exact) mass is 345 g/mol. The average Bonchev–Trinajstić information content (AvgIpc) is 3.09. The van der Waals surface area contributed by atoms with Gasteiger partial charge in [-0.2, -0.15) is 10.2 Å². The minimum absolute atomic E-state index is 0.0301. The molecule has 1 aromatic carbocycles. The summed E-state index contributed by atoms with van der Waals surface area (Å²) in [6.07, 6.45) is 2.00. The molecular weight excluding hydrogens is 326 g/mol. The van der Waals surface area contributed by atoms with E-state index in [0.29, 0.717) is 18.1 Å². The van der Waals surface area contributed by atoms with Gasteiger partial charge in [0.1, 0.15) is 5.82 Å². The van der Waals surface area contributed by atoms with E-state index in [2.05, 4.69) is 15.5 Å². The number of aliphatic hydroxyl groups excluding tert-OH is 1. The Hall–Kier alpha value is -2.31. The lowest BCUT2D eigenvalue weighted by atomic mass is 10.1. The zero-order valence-corrected chi connectivity index (χ0v) is 14.5. The first-order valence-electron chi connectivity index (χ1n) is 7.74. The number of aliphatic hydroxyl groups is 1. The van der Waals surface area contributed by atoms with Crippen molar-refractivity contribution in [1.29, 1.82) is 0 Å². The molecule has 0 aliphatic heterocycles. The number of halogens is 1. The van der Waals surface area contributed by atoms with Gasteiger partial charge in [0, 0.05) is 42.0 Å². The molecule has 7 heteroatoms. The fraction of sp³-hybridized carbons (Fsp3) is 0.294. The van der Waals surface area contributed by atoms with E-state index >= 15 is 0 Å². The van der Waals surface area contributed by atoms with Crippen molar-refractivity contribution in [2.24, 2.45) is 7.05 Å². The highest BCUT2D eigenvalue weighted by molar-refractivity contribution is 6.30. The molecule has 2 aromatic heterocycles. The predicted molar refractivity (Wildman–Crippen MR) is 95.0 cm³/mol. The normalized spacial score (nSPS) is 11.0. The van der Waals surface area contributed by atoms with Crippen LogP contribution in [0.2, 0.25) is 5.02 Å². The first kappa shape index (κ1) is 16.5. The number of hydrogen-bond donors (Lipinski definition) is 2. The van der Waals surface area contributed by atoms with Crippen LogP contribution in [0.15, 0.2) is 36.5 Å². The van der Waals surface area contributed by atoms with Gasteiger partial charge in [0.25, 0.3) is 0 Å². The van der Waals surface area contributed by atoms with Gasteiger partial charge in [-0.1, -0.05) is 23.7 Å². The molecule has 0 atom stereocenters. The molecule has 2 N–H and O–H groups in total. The topological polar surface area (TPSA) is 67.9 Å². The van der Waals surface area contributed by atoms with E-state index in [1.807, 2.05) is 50.5 Å². The van der Waals surface area contributed by atoms with E-state index in [1.54, 1.807) is 9.36 Å². The molecule has 0 fully saturated rings. The zero-order chi connectivity index (χ0) is 17.1. The summed E-state index contributed by atoms with van der Waals surface area (Å²) in [5.41, 5.74) is 3.95. The number of aryl methyl sites for hydroxylation is 2. The standard InChI is InChI=1S/C17H20ClN5O/c1-12-14(11-22(2)20-12)10-19-17-9-16(21-23(17)7-8-24)13-3-5-15(18)6-4-13/h3-6,9,11,19,24H,7-8,10H2,1-2H3. The second-order valence-electron chi connectivity index (χ2n) is 5.64. The van der Waals surface area contributed by atoms with E-state index in [0.717, 1.165) is 28.3 Å². The minimum atomic E-state index is 0.0301. The van der Waals surface area contributed by atoms with Crippen LogP contribution in [0, 0.1) is 6.92 Å². The summed E-state index contributed by atoms with van der Waals surface area (Å²) in [4.78, 5) is 0. The summed E-state index contributed by atoms with van der Waals surface area (Å²) >= 11 is 5.94. The van der Waals surface area contributed by atoms with Crippen LogP contribution in [0.1, 0.15) is 11.3 Å². The van der Waals surface area contributed by atoms with Crippen molar-refractivity contribution in [3.63, 3.8) is 0 Å². The molecule has 0 amide bonds. The SMILES string of the molecule is Cc1nn(C)cc1CNc1cc(-c2ccc(Cl)cc2)nn1CCO. The Balaban J connectivity index is 1.83. The number of nitrogens with one attached hydrogen (secondary N) is 1. The minimum Gasteiger partial charge on any atom is -0.394 e. The maximum Gasteiger partial charge on any atom is 0.125 e. The second kappa shape index (κ2) is 7.07. The number of nitrogens with zero attached hydrogens (tertiary/aromatic N) is 4. The Morgan fingerprint density at radius 1 is 1.21 bits per heavy atom. The third kappa shape index (κ3) is 3.60. The van der Waals surface area contributed by atoms with Gasteiger partial charge >= 0.3 is 0 Å². The molecule has 24 heavy (non-hydrogen) atoms. The molecule has 0 saturated heterocycles. The molecule has 126 valence electrons. The van der Waals surface area contributed by atoms with Gasteiger partial charge in [-0.3, -0.25) is 4.68 Å². The molecule has 0 radical (unpaired) electrons. The smallest absolute Gasteiger partial charge is 0.125 e. The zero-order valence-electron chi connectivity index (χ0n) is 13.7. The third-order valence-corrected chi connectivity index (χ3v) is 4.06. The molecule has 3 rings (SSSR count). The number of hydrogen-bond acceptors (Lipinski definition) is 4. The lowest BCUT2D eigenvalue weighted by Crippen LogP contribution is -2.10. The van der Waals surface area contributed by atoms with Crippen molar-refractivity contribution < 1.29 is 5.11 Å². The van der Waals surface area contributed by atoms with Gasteiger partial charge < -0.3 is 10.4 Å². The Labute approximate surface area is 145 Å². The van der Waals surface area contributed by atoms with Gasteiger partial charge in [-0.25, -0.2) is 4.68 Å². The van der Waals surface area contributed by atoms with Gasteiger partial charge in [-0.15, -0.1) is 0 Å². The van der Waals surface area contributed by atoms with Gasteiger partial charge in [0.05, 0.1) is 24.5 Å². The molecule has 6 nitrogen and oxygen atoms in total. The molecule has 0 spiro atoms. The van der Waals surface area contributed by atoms with Crippen LogP contribution >= 0.6 is 11.6 Å². The third-order valence-electron chi connectivity index (χ3n) is 3.81. The first-order valence-corrected chi connectivity index (χ1v) is 8.12. The first-order chi connectivity index (χ1) is 11.6. The summed E-state index contributed by atoms with van der Waals surface area (Å²) in [5.74, 6) is 0.859. The number of rotatable bonds is 6. The van der Waals surface area contributed by atoms with Crippen LogP contribution in [0.5, 0.6) is 0 Å². The van der Waals surface area contributed by atoms with Crippen LogP contribution in [0.25, 0.3) is 11.3 Å². The maximum absolute atomic E-state index is 9.27. The fourth-order valence-corrected chi connectivity index (χ4v) is 2.72. The van der Waals surface area contributed by atoms with E-state index in [9.17, 15) is 5.11 Å². The molecule has 2 heterocycles. The second-order valence-corrected chi connectivity index (χ2v) is 6.07. The Morgan fingerprint density at radius 3 is 2.58 bits per heavy atom. The summed E-state index contributed by atoms with van der Waals surface area (Å²) in [5, 5.41) is 22.3. The number of benzene rings is 1. The van der Waals surface area contributed by atoms with Crippen molar-refractivity contribution in [1.82, 2.24) is 19.6 Å². The van der Waals surface area contributed by atoms with Crippen LogP contribution in [0.4, 0.5) is 5.82 Å². The van der Waals surface area contributed by atoms with Crippen LogP contribution in [0.3, 0.4) is 0 Å². The number of aromatic nitrogens is 4. The van der Waals surface area contributed by atoms with E-state index in [-0.39, 0.29) is 6.61 Å². The lowest BCUT2D eigenvalue weighted by molar-refractivity contribution is 0.270. The van der Waals surface area contributed by atoms with Gasteiger partial charge in [0.2, 0.25) is 0 Å². The van der Waals surface area contributed by atoms with Crippen molar-refractivity contribution >= 4 is 17.4 Å². The van der Waals surface area contributed by atoms with Crippen LogP contribution in [-0.4, -0.2) is 31.3 Å². The molecule has 0 aliphatic carbocycles. The van der Waals surface area contributed by atoms with Crippen molar-refractivity contribution in [2.45, 2.75) is 20.0 Å². The summed E-state index contributed by atoms with van der Waals surface area (Å²) < 4.78 is 3.58. The molecular formula is C17H20ClN5O. The summed E-state index contributed by atoms with van der Waals surface area (Å²) in [6.45, 7) is 3.10. The fourth-order valence-electron chi connectivity index (χ4n) is 2.59. The summed E-state index contributed by atoms with van der Waals surface area (Å²) in [7, 11) is 1.91. The largest absolute Gasteiger partial charge is 0.394 e. The Morgan fingerprint density at radius 2 is 1.96 bits per heavy atom. The predicted octanol–water partition coefficient (Wildman–Crippen LogP) is 2.85. The number of anilines is 1. The Bertz CT molecular complexity index is 822. The van der Waals surface area contributed by atoms with E-state index in [1.165, 1.54) is 0 Å². The van der Waals surface area contributed by atoms with Crippen molar-refractivity contribution in [2.75, 3.05) is 11.9 Å². The van der Waals surface area contributed by atoms with Gasteiger partial charge in [-0.05, 0) is 19.1 Å². The van der Waals surface area contributed by atoms with Crippen molar-refractivity contribution in [3.05, 3.63) is 52.8 Å². The average molecular weight is 346 g/mol. The molecule has 3 aromatic rings. The Kier molecular flexibility index (Phi) is 4.87. The van der Waals surface area contributed by atoms with E-state index < -0.39 is 0 Å². The van der Waals surface area contributed by atoms with E-state index in [4.69, 9.17) is 11.6 Å². The highest BCUT2D eigenvalue weighted by Crippen LogP contribution is 2.24. The highest BCUT2D eigenvalue weighted by Gasteiger charge is 2.10. The van der Waals surface area contributed by atoms with Crippen LogP contribution in [-0.2, 0) is 20.1 Å². The molecule has 0 aliphatic rings.